The molecule has 0 saturated carbocycles. The summed E-state index contributed by atoms with van der Waals surface area (Å²) >= 11 is 0. The van der Waals surface area contributed by atoms with Gasteiger partial charge in [0.2, 0.25) is 5.89 Å². The number of para-hydroxylation sites is 3. The summed E-state index contributed by atoms with van der Waals surface area (Å²) in [5.74, 6) is 0.626. The van der Waals surface area contributed by atoms with Gasteiger partial charge in [0.1, 0.15) is 5.52 Å². The molecule has 3 heteroatoms. The van der Waals surface area contributed by atoms with Gasteiger partial charge in [0.15, 0.2) is 5.58 Å². The molecule has 0 amide bonds. The monoisotopic (exact) mass is 538 g/mol. The van der Waals surface area contributed by atoms with E-state index in [-0.39, 0.29) is 0 Å². The average Bonchev–Trinajstić information content (AvgIpc) is 3.50. The van der Waals surface area contributed by atoms with Crippen molar-refractivity contribution in [1.82, 2.24) is 4.98 Å². The van der Waals surface area contributed by atoms with E-state index in [9.17, 15) is 0 Å². The summed E-state index contributed by atoms with van der Waals surface area (Å²) in [6.45, 7) is 0. The molecule has 42 heavy (non-hydrogen) atoms. The summed E-state index contributed by atoms with van der Waals surface area (Å²) in [5, 5.41) is 5.07. The molecule has 0 aliphatic carbocycles. The van der Waals surface area contributed by atoms with Gasteiger partial charge in [0.25, 0.3) is 0 Å². The Morgan fingerprint density at radius 3 is 1.76 bits per heavy atom. The van der Waals surface area contributed by atoms with Crippen molar-refractivity contribution in [2.24, 2.45) is 0 Å². The van der Waals surface area contributed by atoms with Crippen LogP contribution in [0.3, 0.4) is 0 Å². The highest BCUT2D eigenvalue weighted by Gasteiger charge is 2.15. The Bertz CT molecular complexity index is 2150. The molecule has 0 N–H and O–H groups in total. The van der Waals surface area contributed by atoms with E-state index in [1.54, 1.807) is 0 Å². The number of hydrogen-bond donors (Lipinski definition) is 0. The van der Waals surface area contributed by atoms with E-state index in [2.05, 4.69) is 137 Å². The number of aromatic nitrogens is 1. The maximum Gasteiger partial charge on any atom is 0.227 e. The SMILES string of the molecule is c1ccc(N(c2ccc(-c3nc4ccccc4o3)cc2)c2ccc(-c3cc4ccccc4c4ccccc34)cc2)cc1. The summed E-state index contributed by atoms with van der Waals surface area (Å²) in [7, 11) is 0. The molecule has 0 aliphatic heterocycles. The lowest BCUT2D eigenvalue weighted by Crippen LogP contribution is -2.09. The van der Waals surface area contributed by atoms with Crippen LogP contribution in [0, 0.1) is 0 Å². The fourth-order valence-electron chi connectivity index (χ4n) is 5.86. The molecule has 0 atom stereocenters. The fraction of sp³-hybridized carbons (Fsp3) is 0. The molecule has 1 aromatic heterocycles. The molecule has 3 nitrogen and oxygen atoms in total. The third-order valence-electron chi connectivity index (χ3n) is 7.89. The molecule has 8 rings (SSSR count). The number of oxazole rings is 1. The maximum atomic E-state index is 6.01. The van der Waals surface area contributed by atoms with Crippen LogP contribution >= 0.6 is 0 Å². The van der Waals surface area contributed by atoms with Crippen LogP contribution in [-0.2, 0) is 0 Å². The number of rotatable bonds is 5. The van der Waals surface area contributed by atoms with Crippen molar-refractivity contribution >= 4 is 49.7 Å². The Kier molecular flexibility index (Phi) is 5.79. The lowest BCUT2D eigenvalue weighted by atomic mass is 9.93. The molecule has 198 valence electrons. The second-order valence-electron chi connectivity index (χ2n) is 10.4. The molecule has 0 radical (unpaired) electrons. The van der Waals surface area contributed by atoms with E-state index in [4.69, 9.17) is 4.42 Å². The number of fused-ring (bicyclic) bond motifs is 4. The first-order valence-electron chi connectivity index (χ1n) is 14.1. The lowest BCUT2D eigenvalue weighted by molar-refractivity contribution is 0.620. The van der Waals surface area contributed by atoms with Crippen LogP contribution in [0.15, 0.2) is 162 Å². The number of hydrogen-bond acceptors (Lipinski definition) is 3. The van der Waals surface area contributed by atoms with Crippen molar-refractivity contribution in [2.75, 3.05) is 4.90 Å². The Morgan fingerprint density at radius 1 is 0.452 bits per heavy atom. The van der Waals surface area contributed by atoms with E-state index >= 15 is 0 Å². The molecule has 0 spiro atoms. The highest BCUT2D eigenvalue weighted by atomic mass is 16.3. The van der Waals surface area contributed by atoms with Gasteiger partial charge in [-0.25, -0.2) is 4.98 Å². The molecular weight excluding hydrogens is 512 g/mol. The van der Waals surface area contributed by atoms with Crippen LogP contribution in [0.1, 0.15) is 0 Å². The van der Waals surface area contributed by atoms with Crippen LogP contribution in [0.25, 0.3) is 55.2 Å². The van der Waals surface area contributed by atoms with Crippen molar-refractivity contribution in [1.29, 1.82) is 0 Å². The summed E-state index contributed by atoms with van der Waals surface area (Å²) in [5.41, 5.74) is 8.28. The van der Waals surface area contributed by atoms with Crippen molar-refractivity contribution in [2.45, 2.75) is 0 Å². The van der Waals surface area contributed by atoms with E-state index in [1.807, 2.05) is 30.3 Å². The van der Waals surface area contributed by atoms with Crippen LogP contribution in [-0.4, -0.2) is 4.98 Å². The second-order valence-corrected chi connectivity index (χ2v) is 10.4. The van der Waals surface area contributed by atoms with Crippen molar-refractivity contribution in [3.63, 3.8) is 0 Å². The lowest BCUT2D eigenvalue weighted by Gasteiger charge is -2.26. The zero-order valence-corrected chi connectivity index (χ0v) is 22.8. The quantitative estimate of drug-likeness (QED) is 0.204. The summed E-state index contributed by atoms with van der Waals surface area (Å²) < 4.78 is 6.01. The topological polar surface area (TPSA) is 29.3 Å². The maximum absolute atomic E-state index is 6.01. The Balaban J connectivity index is 1.19. The normalized spacial score (nSPS) is 11.3. The molecule has 0 aliphatic rings. The minimum absolute atomic E-state index is 0.626. The predicted molar refractivity (Wildman–Crippen MR) is 175 cm³/mol. The highest BCUT2D eigenvalue weighted by molar-refractivity contribution is 6.13. The van der Waals surface area contributed by atoms with Gasteiger partial charge in [-0.05, 0) is 99.4 Å². The van der Waals surface area contributed by atoms with Gasteiger partial charge in [-0.3, -0.25) is 0 Å². The number of anilines is 3. The molecule has 8 aromatic rings. The van der Waals surface area contributed by atoms with Gasteiger partial charge < -0.3 is 9.32 Å². The van der Waals surface area contributed by atoms with Crippen molar-refractivity contribution in [3.8, 4) is 22.6 Å². The van der Waals surface area contributed by atoms with Crippen LogP contribution in [0.4, 0.5) is 17.1 Å². The van der Waals surface area contributed by atoms with E-state index in [0.717, 1.165) is 33.7 Å². The van der Waals surface area contributed by atoms with Gasteiger partial charge in [-0.1, -0.05) is 91.0 Å². The Hall–Kier alpha value is -5.67. The van der Waals surface area contributed by atoms with Gasteiger partial charge >= 0.3 is 0 Å². The molecule has 0 unspecified atom stereocenters. The average molecular weight is 539 g/mol. The Morgan fingerprint density at radius 2 is 1.02 bits per heavy atom. The summed E-state index contributed by atoms with van der Waals surface area (Å²) in [6, 6.07) is 55.2. The summed E-state index contributed by atoms with van der Waals surface area (Å²) in [4.78, 5) is 6.95. The van der Waals surface area contributed by atoms with Crippen LogP contribution < -0.4 is 4.90 Å². The van der Waals surface area contributed by atoms with Gasteiger partial charge in [0.05, 0.1) is 0 Å². The van der Waals surface area contributed by atoms with E-state index < -0.39 is 0 Å². The smallest absolute Gasteiger partial charge is 0.227 e. The zero-order valence-electron chi connectivity index (χ0n) is 22.8. The minimum atomic E-state index is 0.626. The molecule has 7 aromatic carbocycles. The molecule has 1 heterocycles. The second kappa shape index (κ2) is 10.1. The van der Waals surface area contributed by atoms with Crippen molar-refractivity contribution < 1.29 is 4.42 Å². The number of benzene rings is 7. The predicted octanol–water partition coefficient (Wildman–Crippen LogP) is 10.9. The first-order valence-corrected chi connectivity index (χ1v) is 14.1. The molecular formula is C39H26N2O. The molecule has 0 saturated heterocycles. The standard InChI is InChI=1S/C39H26N2O/c1-2-11-30(12-3-1)41(32-24-20-28(21-25-32)39-40-37-16-8-9-17-38(37)42-39)31-22-18-27(19-23-31)36-26-29-10-4-5-13-33(29)34-14-6-7-15-35(34)36/h1-26H. The minimum Gasteiger partial charge on any atom is -0.436 e. The largest absolute Gasteiger partial charge is 0.436 e. The molecule has 0 fully saturated rings. The molecule has 0 bridgehead atoms. The zero-order chi connectivity index (χ0) is 27.9. The van der Waals surface area contributed by atoms with E-state index in [1.165, 1.54) is 32.7 Å². The number of nitrogens with zero attached hydrogens (tertiary/aromatic N) is 2. The highest BCUT2D eigenvalue weighted by Crippen LogP contribution is 2.39. The van der Waals surface area contributed by atoms with Crippen molar-refractivity contribution in [3.05, 3.63) is 158 Å². The third kappa shape index (κ3) is 4.20. The van der Waals surface area contributed by atoms with Gasteiger partial charge in [-0.2, -0.15) is 0 Å². The summed E-state index contributed by atoms with van der Waals surface area (Å²) in [6.07, 6.45) is 0. The van der Waals surface area contributed by atoms with Crippen LogP contribution in [0.2, 0.25) is 0 Å². The first kappa shape index (κ1) is 24.2. The van der Waals surface area contributed by atoms with E-state index in [0.29, 0.717) is 5.89 Å². The fourth-order valence-corrected chi connectivity index (χ4v) is 5.86. The third-order valence-corrected chi connectivity index (χ3v) is 7.89. The van der Waals surface area contributed by atoms with Gasteiger partial charge in [-0.15, -0.1) is 0 Å². The van der Waals surface area contributed by atoms with Gasteiger partial charge in [0, 0.05) is 22.6 Å². The Labute approximate surface area is 243 Å². The first-order chi connectivity index (χ1) is 20.8. The van der Waals surface area contributed by atoms with Crippen LogP contribution in [0.5, 0.6) is 0 Å².